The highest BCUT2D eigenvalue weighted by molar-refractivity contribution is 8.27. The van der Waals surface area contributed by atoms with Crippen LogP contribution >= 0.6 is 11.8 Å². The van der Waals surface area contributed by atoms with E-state index in [2.05, 4.69) is 46.7 Å². The molecule has 0 aliphatic carbocycles. The van der Waals surface area contributed by atoms with Gasteiger partial charge in [0.2, 0.25) is 5.17 Å². The van der Waals surface area contributed by atoms with Crippen molar-refractivity contribution in [2.24, 2.45) is 10.1 Å². The fraction of sp³-hybridized carbons (Fsp3) is 0.185. The molecule has 2 aliphatic heterocycles. The van der Waals surface area contributed by atoms with E-state index in [1.807, 2.05) is 51.1 Å². The van der Waals surface area contributed by atoms with Crippen LogP contribution in [-0.4, -0.2) is 31.5 Å². The number of hydrogen-bond donors (Lipinski definition) is 1. The molecule has 3 aromatic rings. The van der Waals surface area contributed by atoms with E-state index in [-0.39, 0.29) is 11.4 Å². The first-order valence-corrected chi connectivity index (χ1v) is 11.9. The van der Waals surface area contributed by atoms with Crippen LogP contribution in [-0.2, 0) is 4.79 Å². The number of aromatic nitrogens is 1. The van der Waals surface area contributed by atoms with Gasteiger partial charge in [0.25, 0.3) is 5.91 Å². The van der Waals surface area contributed by atoms with Gasteiger partial charge in [-0.05, 0) is 93.4 Å². The molecule has 2 aliphatic rings. The number of hydrogen-bond acceptors (Lipinski definition) is 4. The summed E-state index contributed by atoms with van der Waals surface area (Å²) in [5.74, 6) is -0.374. The number of carbonyl (C=O) groups is 1. The highest BCUT2D eigenvalue weighted by atomic mass is 32.2. The van der Waals surface area contributed by atoms with E-state index >= 15 is 0 Å². The van der Waals surface area contributed by atoms with Gasteiger partial charge in [-0.25, -0.2) is 0 Å². The van der Waals surface area contributed by atoms with Crippen molar-refractivity contribution < 1.29 is 4.79 Å². The molecular weight excluding hydrogens is 442 g/mol. The second kappa shape index (κ2) is 8.25. The van der Waals surface area contributed by atoms with Crippen molar-refractivity contribution >= 4 is 39.8 Å². The van der Waals surface area contributed by atoms with Crippen LogP contribution in [0.3, 0.4) is 0 Å². The molecule has 5 rings (SSSR count). The third-order valence-corrected chi connectivity index (χ3v) is 7.20. The molecule has 0 bridgehead atoms. The zero-order valence-corrected chi connectivity index (χ0v) is 20.6. The van der Waals surface area contributed by atoms with Crippen molar-refractivity contribution in [3.63, 3.8) is 0 Å². The van der Waals surface area contributed by atoms with Crippen LogP contribution in [0.2, 0.25) is 0 Å². The van der Waals surface area contributed by atoms with E-state index in [1.54, 1.807) is 6.08 Å². The van der Waals surface area contributed by atoms with Crippen LogP contribution in [0, 0.1) is 40.0 Å². The summed E-state index contributed by atoms with van der Waals surface area (Å²) < 4.78 is 2.17. The lowest BCUT2D eigenvalue weighted by atomic mass is 10.1. The Kier molecular flexibility index (Phi) is 5.37. The fourth-order valence-electron chi connectivity index (χ4n) is 4.24. The summed E-state index contributed by atoms with van der Waals surface area (Å²) >= 11 is 1.31. The van der Waals surface area contributed by atoms with Crippen LogP contribution < -0.4 is 0 Å². The minimum Gasteiger partial charge on any atom is -0.318 e. The lowest BCUT2D eigenvalue weighted by Gasteiger charge is -2.20. The second-order valence-electron chi connectivity index (χ2n) is 8.73. The third kappa shape index (κ3) is 3.72. The highest BCUT2D eigenvalue weighted by Gasteiger charge is 2.36. The first-order chi connectivity index (χ1) is 16.2. The van der Waals surface area contributed by atoms with Crippen molar-refractivity contribution in [2.75, 3.05) is 0 Å². The predicted octanol–water partition coefficient (Wildman–Crippen LogP) is 5.69. The Morgan fingerprint density at radius 1 is 0.971 bits per heavy atom. The zero-order valence-electron chi connectivity index (χ0n) is 19.8. The zero-order chi connectivity index (χ0) is 24.1. The summed E-state index contributed by atoms with van der Waals surface area (Å²) in [6, 6.07) is 16.4. The molecular formula is C27H25N5OS. The number of benzene rings is 2. The fourth-order valence-corrected chi connectivity index (χ4v) is 5.13. The van der Waals surface area contributed by atoms with E-state index in [1.165, 1.54) is 27.9 Å². The molecule has 1 aromatic heterocycles. The Bertz CT molecular complexity index is 1470. The Hall–Kier alpha value is -3.71. The molecule has 170 valence electrons. The molecule has 0 radical (unpaired) electrons. The number of rotatable bonds is 3. The number of aliphatic imine (C=N–C) groups is 1. The van der Waals surface area contributed by atoms with E-state index < -0.39 is 5.91 Å². The molecule has 0 saturated heterocycles. The molecule has 6 nitrogen and oxygen atoms in total. The van der Waals surface area contributed by atoms with Crippen LogP contribution in [0.5, 0.6) is 0 Å². The van der Waals surface area contributed by atoms with Crippen LogP contribution in [0.15, 0.2) is 64.2 Å². The monoisotopic (exact) mass is 467 g/mol. The lowest BCUT2D eigenvalue weighted by molar-refractivity contribution is -0.114. The van der Waals surface area contributed by atoms with Gasteiger partial charge in [0, 0.05) is 22.6 Å². The van der Waals surface area contributed by atoms with Crippen LogP contribution in [0.1, 0.15) is 39.2 Å². The molecule has 0 saturated carbocycles. The summed E-state index contributed by atoms with van der Waals surface area (Å²) in [5.41, 5.74) is 8.81. The van der Waals surface area contributed by atoms with Crippen molar-refractivity contribution in [2.45, 2.75) is 34.6 Å². The number of fused-ring (bicyclic) bond motifs is 1. The average Bonchev–Trinajstić information content (AvgIpc) is 3.34. The van der Waals surface area contributed by atoms with Gasteiger partial charge in [0.1, 0.15) is 5.04 Å². The topological polar surface area (TPSA) is 73.8 Å². The van der Waals surface area contributed by atoms with E-state index in [0.29, 0.717) is 5.17 Å². The minimum atomic E-state index is -0.416. The van der Waals surface area contributed by atoms with Gasteiger partial charge < -0.3 is 4.57 Å². The minimum absolute atomic E-state index is 0.0427. The molecule has 3 heterocycles. The summed E-state index contributed by atoms with van der Waals surface area (Å²) in [5, 5.41) is 15.9. The van der Waals surface area contributed by atoms with Crippen molar-refractivity contribution in [3.8, 4) is 5.69 Å². The summed E-state index contributed by atoms with van der Waals surface area (Å²) in [4.78, 5) is 17.2. The summed E-state index contributed by atoms with van der Waals surface area (Å²) in [6.45, 7) is 10.3. The van der Waals surface area contributed by atoms with Crippen molar-refractivity contribution in [1.29, 1.82) is 5.41 Å². The molecule has 0 spiro atoms. The number of hydrazone groups is 1. The Balaban J connectivity index is 1.51. The van der Waals surface area contributed by atoms with Gasteiger partial charge >= 0.3 is 0 Å². The molecule has 0 unspecified atom stereocenters. The summed E-state index contributed by atoms with van der Waals surface area (Å²) in [6.07, 6.45) is 1.76. The van der Waals surface area contributed by atoms with Crippen molar-refractivity contribution in [1.82, 2.24) is 9.58 Å². The molecule has 1 N–H and O–H groups in total. The molecule has 2 aromatic carbocycles. The Morgan fingerprint density at radius 2 is 1.76 bits per heavy atom. The quantitative estimate of drug-likeness (QED) is 0.503. The van der Waals surface area contributed by atoms with Gasteiger partial charge in [-0.2, -0.15) is 15.1 Å². The maximum atomic E-state index is 12.9. The van der Waals surface area contributed by atoms with Gasteiger partial charge in [-0.15, -0.1) is 0 Å². The SMILES string of the molecule is Cc1cccc(C2=NN3C(=N)C(=Cc4cc(C)n(-c5ccc(C)c(C)c5)c4C)C(=O)N=C3S2)c1. The lowest BCUT2D eigenvalue weighted by Crippen LogP contribution is -2.35. The van der Waals surface area contributed by atoms with Crippen molar-refractivity contribution in [3.05, 3.63) is 93.3 Å². The number of aryl methyl sites for hydroxylation is 4. The van der Waals surface area contributed by atoms with E-state index in [4.69, 9.17) is 5.41 Å². The Labute approximate surface area is 203 Å². The van der Waals surface area contributed by atoms with E-state index in [9.17, 15) is 4.79 Å². The van der Waals surface area contributed by atoms with Gasteiger partial charge in [0.15, 0.2) is 5.84 Å². The predicted molar refractivity (Wildman–Crippen MR) is 140 cm³/mol. The average molecular weight is 468 g/mol. The molecule has 34 heavy (non-hydrogen) atoms. The number of amides is 1. The maximum Gasteiger partial charge on any atom is 0.283 e. The number of carbonyl (C=O) groups excluding carboxylic acids is 1. The number of nitrogens with one attached hydrogen (secondary N) is 1. The first-order valence-electron chi connectivity index (χ1n) is 11.1. The number of nitrogens with zero attached hydrogens (tertiary/aromatic N) is 4. The van der Waals surface area contributed by atoms with Gasteiger partial charge in [-0.3, -0.25) is 10.2 Å². The maximum absolute atomic E-state index is 12.9. The third-order valence-electron chi connectivity index (χ3n) is 6.24. The molecule has 1 amide bonds. The molecule has 7 heteroatoms. The van der Waals surface area contributed by atoms with Gasteiger partial charge in [-0.1, -0.05) is 29.8 Å². The van der Waals surface area contributed by atoms with Crippen LogP contribution in [0.25, 0.3) is 11.8 Å². The van der Waals surface area contributed by atoms with Gasteiger partial charge in [0.05, 0.1) is 5.57 Å². The smallest absolute Gasteiger partial charge is 0.283 e. The largest absolute Gasteiger partial charge is 0.318 e. The number of thioether (sulfide) groups is 1. The molecule has 0 fully saturated rings. The van der Waals surface area contributed by atoms with Crippen LogP contribution in [0.4, 0.5) is 0 Å². The second-order valence-corrected chi connectivity index (χ2v) is 9.68. The molecule has 0 atom stereocenters. The first kappa shape index (κ1) is 22.1. The normalized spacial score (nSPS) is 16.7. The Morgan fingerprint density at radius 3 is 2.50 bits per heavy atom. The standard InChI is InChI=1S/C27H25N5OS/c1-15-7-6-8-20(11-15)26-30-32-24(28)23(25(33)29-27(32)34-26)14-21-13-18(4)31(19(21)5)22-10-9-16(2)17(3)12-22/h6-14,28H,1-5H3. The van der Waals surface area contributed by atoms with E-state index in [0.717, 1.165) is 38.8 Å². The highest BCUT2D eigenvalue weighted by Crippen LogP contribution is 2.32. The number of amidine groups is 2. The summed E-state index contributed by atoms with van der Waals surface area (Å²) in [7, 11) is 0.